The molecule has 0 saturated carbocycles. The topological polar surface area (TPSA) is 108 Å². The van der Waals surface area contributed by atoms with Crippen LogP contribution in [0.1, 0.15) is 72.6 Å². The van der Waals surface area contributed by atoms with E-state index in [4.69, 9.17) is 9.47 Å². The van der Waals surface area contributed by atoms with Crippen LogP contribution in [-0.4, -0.2) is 63.9 Å². The molecule has 2 aliphatic rings. The van der Waals surface area contributed by atoms with Gasteiger partial charge in [-0.05, 0) is 46.1 Å². The summed E-state index contributed by atoms with van der Waals surface area (Å²) >= 11 is 0. The number of carbonyl (C=O) groups excluding carboxylic acids is 2. The molecular weight excluding hydrogens is 493 g/mol. The number of rotatable bonds is 2. The molecule has 0 radical (unpaired) electrons. The Morgan fingerprint density at radius 3 is 2.71 bits per heavy atom. The summed E-state index contributed by atoms with van der Waals surface area (Å²) < 4.78 is 28.5. The first-order valence-corrected chi connectivity index (χ1v) is 13.0. The first-order valence-electron chi connectivity index (χ1n) is 13.0. The molecule has 0 saturated heterocycles. The van der Waals surface area contributed by atoms with Gasteiger partial charge in [0.2, 0.25) is 0 Å². The van der Waals surface area contributed by atoms with Crippen LogP contribution in [0.2, 0.25) is 0 Å². The molecule has 4 heterocycles. The Bertz CT molecular complexity index is 1480. The van der Waals surface area contributed by atoms with Gasteiger partial charge in [-0.2, -0.15) is 5.10 Å². The van der Waals surface area contributed by atoms with E-state index in [9.17, 15) is 18.8 Å². The molecule has 11 heteroatoms. The lowest BCUT2D eigenvalue weighted by Gasteiger charge is -2.36. The Morgan fingerprint density at radius 2 is 1.97 bits per heavy atom. The minimum absolute atomic E-state index is 0.0310. The molecule has 2 aromatic heterocycles. The van der Waals surface area contributed by atoms with Gasteiger partial charge in [0.05, 0.1) is 25.8 Å². The first-order chi connectivity index (χ1) is 18.2. The molecule has 0 spiro atoms. The number of benzene rings is 1. The van der Waals surface area contributed by atoms with Crippen LogP contribution in [0.4, 0.5) is 4.39 Å². The van der Waals surface area contributed by atoms with E-state index in [0.29, 0.717) is 37.4 Å². The minimum Gasteiger partial charge on any atom is -0.493 e. The number of methoxy groups -OCH3 is 1. The van der Waals surface area contributed by atoms with Crippen molar-refractivity contribution in [1.29, 1.82) is 0 Å². The highest BCUT2D eigenvalue weighted by molar-refractivity contribution is 6.11. The second-order valence-electron chi connectivity index (χ2n) is 10.1. The molecule has 2 amide bonds. The van der Waals surface area contributed by atoms with Crippen LogP contribution in [0, 0.1) is 5.82 Å². The number of carbonyl (C=O) groups is 2. The monoisotopic (exact) mass is 525 g/mol. The Balaban J connectivity index is 1.80. The number of hydrogen-bond acceptors (Lipinski definition) is 6. The molecule has 38 heavy (non-hydrogen) atoms. The molecule has 2 bridgehead atoms. The quantitative estimate of drug-likeness (QED) is 0.551. The molecule has 5 rings (SSSR count). The second kappa shape index (κ2) is 10.1. The number of nitrogens with zero attached hydrogens (tertiary/aromatic N) is 4. The number of amides is 2. The van der Waals surface area contributed by atoms with Gasteiger partial charge in [0.1, 0.15) is 17.0 Å². The third-order valence-electron chi connectivity index (χ3n) is 7.18. The van der Waals surface area contributed by atoms with Gasteiger partial charge in [-0.3, -0.25) is 14.4 Å². The molecule has 0 aliphatic carbocycles. The van der Waals surface area contributed by atoms with Crippen molar-refractivity contribution in [3.05, 3.63) is 51.3 Å². The van der Waals surface area contributed by atoms with Crippen molar-refractivity contribution < 1.29 is 23.5 Å². The minimum atomic E-state index is -0.520. The molecule has 1 aromatic carbocycles. The van der Waals surface area contributed by atoms with Gasteiger partial charge in [0, 0.05) is 36.8 Å². The maximum absolute atomic E-state index is 14.0. The summed E-state index contributed by atoms with van der Waals surface area (Å²) in [4.78, 5) is 42.8. The van der Waals surface area contributed by atoms with E-state index < -0.39 is 17.3 Å². The van der Waals surface area contributed by atoms with Crippen molar-refractivity contribution in [2.45, 2.75) is 58.7 Å². The number of hydrogen-bond donors (Lipinski definition) is 1. The number of nitrogens with one attached hydrogen (secondary N) is 1. The lowest BCUT2D eigenvalue weighted by molar-refractivity contribution is 0.0614. The summed E-state index contributed by atoms with van der Waals surface area (Å²) in [5.74, 6) is -0.728. The van der Waals surface area contributed by atoms with E-state index >= 15 is 0 Å². The van der Waals surface area contributed by atoms with Gasteiger partial charge >= 0.3 is 0 Å². The average molecular weight is 526 g/mol. The highest BCUT2D eigenvalue weighted by atomic mass is 19.1. The van der Waals surface area contributed by atoms with Crippen molar-refractivity contribution in [2.24, 2.45) is 0 Å². The maximum atomic E-state index is 14.0. The molecule has 1 atom stereocenters. The van der Waals surface area contributed by atoms with Crippen molar-refractivity contribution in [3.63, 3.8) is 0 Å². The van der Waals surface area contributed by atoms with Gasteiger partial charge in [0.25, 0.3) is 17.4 Å². The lowest BCUT2D eigenvalue weighted by Crippen LogP contribution is -2.45. The zero-order chi connectivity index (χ0) is 27.1. The maximum Gasteiger partial charge on any atom is 0.280 e. The van der Waals surface area contributed by atoms with E-state index in [0.717, 1.165) is 17.5 Å². The summed E-state index contributed by atoms with van der Waals surface area (Å²) in [5.41, 5.74) is 0.561. The van der Waals surface area contributed by atoms with Crippen LogP contribution in [0.3, 0.4) is 0 Å². The van der Waals surface area contributed by atoms with E-state index in [1.54, 1.807) is 15.5 Å². The zero-order valence-electron chi connectivity index (χ0n) is 22.0. The summed E-state index contributed by atoms with van der Waals surface area (Å²) in [5, 5.41) is 7.53. The molecule has 10 nitrogen and oxygen atoms in total. The SMILES string of the molecule is COc1c2n(c3c4nn(c(=O)c13)Cc1ccc(F)cc1OCCCCCNC4=O)C(C)CN(C(C)C)C2=O. The zero-order valence-corrected chi connectivity index (χ0v) is 22.0. The molecule has 2 aliphatic heterocycles. The van der Waals surface area contributed by atoms with Crippen molar-refractivity contribution >= 4 is 22.7 Å². The highest BCUT2D eigenvalue weighted by Gasteiger charge is 2.39. The van der Waals surface area contributed by atoms with Gasteiger partial charge in [-0.1, -0.05) is 6.07 Å². The number of fused-ring (bicyclic) bond motifs is 7. The highest BCUT2D eigenvalue weighted by Crippen LogP contribution is 2.39. The third-order valence-corrected chi connectivity index (χ3v) is 7.18. The van der Waals surface area contributed by atoms with E-state index in [-0.39, 0.29) is 52.6 Å². The number of halogens is 1. The van der Waals surface area contributed by atoms with Gasteiger partial charge in [-0.15, -0.1) is 0 Å². The number of aromatic nitrogens is 3. The molecule has 1 N–H and O–H groups in total. The normalized spacial score (nSPS) is 18.5. The van der Waals surface area contributed by atoms with Crippen LogP contribution in [0.5, 0.6) is 11.5 Å². The standard InChI is InChI=1S/C27H32FN5O5/c1-15(2)31-13-16(3)33-22-20(24(37-4)23(33)27(31)36)26(35)32-14-17-8-9-18(28)12-19(17)38-11-7-5-6-10-29-25(34)21(22)30-32/h8-9,12,15-16H,5-7,10-11,13-14H2,1-4H3,(H,29,34). The smallest absolute Gasteiger partial charge is 0.280 e. The first kappa shape index (κ1) is 25.7. The fourth-order valence-electron chi connectivity index (χ4n) is 5.30. The predicted molar refractivity (Wildman–Crippen MR) is 139 cm³/mol. The largest absolute Gasteiger partial charge is 0.493 e. The van der Waals surface area contributed by atoms with Crippen LogP contribution in [0.25, 0.3) is 10.9 Å². The van der Waals surface area contributed by atoms with Gasteiger partial charge in [-0.25, -0.2) is 9.07 Å². The fourth-order valence-corrected chi connectivity index (χ4v) is 5.30. The Hall–Kier alpha value is -3.89. The summed E-state index contributed by atoms with van der Waals surface area (Å²) in [6.45, 7) is 6.93. The Kier molecular flexibility index (Phi) is 6.85. The van der Waals surface area contributed by atoms with Crippen molar-refractivity contribution in [1.82, 2.24) is 24.6 Å². The Labute approximate surface area is 219 Å². The molecule has 202 valence electrons. The average Bonchev–Trinajstić information content (AvgIpc) is 3.24. The molecule has 0 fully saturated rings. The Morgan fingerprint density at radius 1 is 1.18 bits per heavy atom. The van der Waals surface area contributed by atoms with Crippen LogP contribution in [-0.2, 0) is 6.54 Å². The van der Waals surface area contributed by atoms with Gasteiger partial charge < -0.3 is 24.3 Å². The van der Waals surface area contributed by atoms with Gasteiger partial charge in [0.15, 0.2) is 17.1 Å². The lowest BCUT2D eigenvalue weighted by atomic mass is 10.1. The van der Waals surface area contributed by atoms with E-state index in [1.165, 1.54) is 19.2 Å². The predicted octanol–water partition coefficient (Wildman–Crippen LogP) is 3.11. The van der Waals surface area contributed by atoms with Crippen LogP contribution in [0.15, 0.2) is 23.0 Å². The van der Waals surface area contributed by atoms with E-state index in [1.807, 2.05) is 20.8 Å². The van der Waals surface area contributed by atoms with Crippen molar-refractivity contribution in [3.8, 4) is 11.5 Å². The van der Waals surface area contributed by atoms with Crippen LogP contribution < -0.4 is 20.3 Å². The summed E-state index contributed by atoms with van der Waals surface area (Å²) in [7, 11) is 1.41. The fraction of sp³-hybridized carbons (Fsp3) is 0.481. The second-order valence-corrected chi connectivity index (χ2v) is 10.1. The third kappa shape index (κ3) is 4.29. The molecule has 3 aromatic rings. The number of ether oxygens (including phenoxy) is 2. The summed E-state index contributed by atoms with van der Waals surface area (Å²) in [6.07, 6.45) is 2.24. The summed E-state index contributed by atoms with van der Waals surface area (Å²) in [6, 6.07) is 3.83. The molecular formula is C27H32FN5O5. The molecule has 1 unspecified atom stereocenters. The van der Waals surface area contributed by atoms with E-state index in [2.05, 4.69) is 10.4 Å². The van der Waals surface area contributed by atoms with Crippen LogP contribution >= 0.6 is 0 Å². The van der Waals surface area contributed by atoms with Crippen molar-refractivity contribution in [2.75, 3.05) is 26.8 Å².